The molecule has 6 nitrogen and oxygen atoms in total. The summed E-state index contributed by atoms with van der Waals surface area (Å²) in [6.07, 6.45) is 2.62. The van der Waals surface area contributed by atoms with Gasteiger partial charge in [0.1, 0.15) is 5.69 Å². The third-order valence-electron chi connectivity index (χ3n) is 4.43. The number of para-hydroxylation sites is 2. The van der Waals surface area contributed by atoms with E-state index in [0.717, 1.165) is 30.4 Å². The van der Waals surface area contributed by atoms with E-state index in [9.17, 15) is 9.59 Å². The van der Waals surface area contributed by atoms with Gasteiger partial charge < -0.3 is 9.80 Å². The molecule has 2 aromatic rings. The van der Waals surface area contributed by atoms with E-state index in [-0.39, 0.29) is 17.2 Å². The van der Waals surface area contributed by atoms with Crippen molar-refractivity contribution in [3.05, 3.63) is 52.4 Å². The lowest BCUT2D eigenvalue weighted by molar-refractivity contribution is 0.0980. The summed E-state index contributed by atoms with van der Waals surface area (Å²) in [5, 5.41) is 6.18. The van der Waals surface area contributed by atoms with Crippen molar-refractivity contribution < 1.29 is 4.79 Å². The van der Waals surface area contributed by atoms with Gasteiger partial charge in [-0.25, -0.2) is 5.10 Å². The lowest BCUT2D eigenvalue weighted by atomic mass is 10.1. The Kier molecular flexibility index (Phi) is 3.37. The number of nitrogens with zero attached hydrogens (tertiary/aromatic N) is 3. The fourth-order valence-electron chi connectivity index (χ4n) is 3.04. The van der Waals surface area contributed by atoms with Crippen LogP contribution in [-0.2, 0) is 0 Å². The molecule has 6 heteroatoms. The first-order chi connectivity index (χ1) is 11.2. The molecular formula is C17H18N4O2. The highest BCUT2D eigenvalue weighted by molar-refractivity contribution is 6.07. The molecule has 0 atom stereocenters. The van der Waals surface area contributed by atoms with E-state index in [1.807, 2.05) is 18.2 Å². The number of benzene rings is 1. The summed E-state index contributed by atoms with van der Waals surface area (Å²) in [4.78, 5) is 28.0. The highest BCUT2D eigenvalue weighted by Gasteiger charge is 2.31. The molecule has 1 fully saturated rings. The fourth-order valence-corrected chi connectivity index (χ4v) is 3.04. The smallest absolute Gasteiger partial charge is 0.278 e. The maximum Gasteiger partial charge on any atom is 0.278 e. The zero-order valence-corrected chi connectivity index (χ0v) is 12.7. The number of fused-ring (bicyclic) bond motifs is 1. The number of anilines is 2. The van der Waals surface area contributed by atoms with Gasteiger partial charge in [-0.2, -0.15) is 5.10 Å². The Morgan fingerprint density at radius 3 is 2.61 bits per heavy atom. The number of carbonyl (C=O) groups excluding carboxylic acids is 1. The molecule has 0 bridgehead atoms. The highest BCUT2D eigenvalue weighted by Crippen LogP contribution is 2.37. The van der Waals surface area contributed by atoms with Crippen LogP contribution >= 0.6 is 0 Å². The molecule has 1 aliphatic heterocycles. The van der Waals surface area contributed by atoms with E-state index in [2.05, 4.69) is 21.2 Å². The first kappa shape index (κ1) is 14.0. The number of rotatable bonds is 3. The lowest BCUT2D eigenvalue weighted by Crippen LogP contribution is -2.45. The molecule has 0 saturated heterocycles. The normalized spacial score (nSPS) is 17.0. The number of amides is 1. The first-order valence-electron chi connectivity index (χ1n) is 7.94. The van der Waals surface area contributed by atoms with Gasteiger partial charge in [-0.1, -0.05) is 12.1 Å². The fraction of sp³-hybridized carbons (Fsp3) is 0.353. The predicted molar refractivity (Wildman–Crippen MR) is 87.9 cm³/mol. The number of hydrogen-bond donors (Lipinski definition) is 1. The molecule has 118 valence electrons. The standard InChI is InChI=1S/C17H18N4O2/c22-16-8-7-13(18-19-16)17(23)21-10-9-20(11-12-5-6-12)14-3-1-2-4-15(14)21/h1-4,7-8,12H,5-6,9-11H2,(H,19,22). The monoisotopic (exact) mass is 310 g/mol. The third-order valence-corrected chi connectivity index (χ3v) is 4.43. The Hall–Kier alpha value is -2.63. The Morgan fingerprint density at radius 1 is 1.13 bits per heavy atom. The van der Waals surface area contributed by atoms with E-state index in [1.54, 1.807) is 4.90 Å². The van der Waals surface area contributed by atoms with Crippen molar-refractivity contribution in [1.29, 1.82) is 0 Å². The molecule has 0 unspecified atom stereocenters. The summed E-state index contributed by atoms with van der Waals surface area (Å²) in [5.41, 5.74) is 1.96. The molecule has 1 N–H and O–H groups in total. The van der Waals surface area contributed by atoms with Gasteiger partial charge in [0.2, 0.25) is 0 Å². The van der Waals surface area contributed by atoms with Crippen LogP contribution in [0.1, 0.15) is 23.3 Å². The third kappa shape index (κ3) is 2.72. The van der Waals surface area contributed by atoms with Crippen molar-refractivity contribution in [1.82, 2.24) is 10.2 Å². The minimum absolute atomic E-state index is 0.181. The molecule has 0 radical (unpaired) electrons. The molecule has 2 heterocycles. The summed E-state index contributed by atoms with van der Waals surface area (Å²) in [6.45, 7) is 2.52. The minimum atomic E-state index is -0.309. The van der Waals surface area contributed by atoms with Crippen LogP contribution in [-0.4, -0.2) is 35.7 Å². The van der Waals surface area contributed by atoms with Crippen LogP contribution in [0.25, 0.3) is 0 Å². The summed E-state index contributed by atoms with van der Waals surface area (Å²) >= 11 is 0. The molecule has 1 aromatic heterocycles. The number of hydrogen-bond acceptors (Lipinski definition) is 4. The quantitative estimate of drug-likeness (QED) is 0.936. The van der Waals surface area contributed by atoms with Crippen molar-refractivity contribution in [3.63, 3.8) is 0 Å². The van der Waals surface area contributed by atoms with E-state index < -0.39 is 0 Å². The molecule has 1 saturated carbocycles. The Morgan fingerprint density at radius 2 is 1.91 bits per heavy atom. The van der Waals surface area contributed by atoms with Crippen molar-refractivity contribution in [3.8, 4) is 0 Å². The maximum atomic E-state index is 12.7. The SMILES string of the molecule is O=C(c1ccc(=O)[nH]n1)N1CCN(CC2CC2)c2ccccc21. The largest absolute Gasteiger partial charge is 0.368 e. The number of carbonyl (C=O) groups is 1. The topological polar surface area (TPSA) is 69.3 Å². The van der Waals surface area contributed by atoms with Gasteiger partial charge in [-0.05, 0) is 37.0 Å². The van der Waals surface area contributed by atoms with E-state index in [1.165, 1.54) is 25.0 Å². The summed E-state index contributed by atoms with van der Waals surface area (Å²) in [5.74, 6) is 0.617. The molecule has 2 aliphatic rings. The van der Waals surface area contributed by atoms with Crippen molar-refractivity contribution in [2.45, 2.75) is 12.8 Å². The Bertz CT molecular complexity index is 777. The van der Waals surface area contributed by atoms with E-state index in [0.29, 0.717) is 6.54 Å². The average Bonchev–Trinajstić information content (AvgIpc) is 3.39. The van der Waals surface area contributed by atoms with Crippen LogP contribution in [0.4, 0.5) is 11.4 Å². The van der Waals surface area contributed by atoms with Crippen LogP contribution in [0.5, 0.6) is 0 Å². The lowest BCUT2D eigenvalue weighted by Gasteiger charge is -2.37. The number of aromatic nitrogens is 2. The summed E-state index contributed by atoms with van der Waals surface area (Å²) < 4.78 is 0. The first-order valence-corrected chi connectivity index (χ1v) is 7.94. The van der Waals surface area contributed by atoms with E-state index >= 15 is 0 Å². The van der Waals surface area contributed by atoms with E-state index in [4.69, 9.17) is 0 Å². The number of aromatic amines is 1. The second-order valence-electron chi connectivity index (χ2n) is 6.14. The Balaban J connectivity index is 1.65. The highest BCUT2D eigenvalue weighted by atomic mass is 16.2. The van der Waals surface area contributed by atoms with Crippen LogP contribution in [0.3, 0.4) is 0 Å². The maximum absolute atomic E-state index is 12.7. The van der Waals surface area contributed by atoms with Gasteiger partial charge in [0, 0.05) is 25.7 Å². The zero-order chi connectivity index (χ0) is 15.8. The predicted octanol–water partition coefficient (Wildman–Crippen LogP) is 1.65. The van der Waals surface area contributed by atoms with Gasteiger partial charge in [-0.3, -0.25) is 9.59 Å². The van der Waals surface area contributed by atoms with Crippen LogP contribution in [0.2, 0.25) is 0 Å². The van der Waals surface area contributed by atoms with Crippen LogP contribution in [0, 0.1) is 5.92 Å². The molecule has 23 heavy (non-hydrogen) atoms. The van der Waals surface area contributed by atoms with Crippen molar-refractivity contribution in [2.24, 2.45) is 5.92 Å². The zero-order valence-electron chi connectivity index (χ0n) is 12.7. The molecule has 0 spiro atoms. The van der Waals surface area contributed by atoms with Gasteiger partial charge in [-0.15, -0.1) is 0 Å². The molecule has 4 rings (SSSR count). The second kappa shape index (κ2) is 5.53. The number of nitrogens with one attached hydrogen (secondary N) is 1. The summed E-state index contributed by atoms with van der Waals surface area (Å²) in [7, 11) is 0. The average molecular weight is 310 g/mol. The van der Waals surface area contributed by atoms with Gasteiger partial charge in [0.15, 0.2) is 0 Å². The second-order valence-corrected chi connectivity index (χ2v) is 6.14. The van der Waals surface area contributed by atoms with Gasteiger partial charge >= 0.3 is 0 Å². The van der Waals surface area contributed by atoms with Crippen molar-refractivity contribution >= 4 is 17.3 Å². The van der Waals surface area contributed by atoms with Gasteiger partial charge in [0.25, 0.3) is 11.5 Å². The minimum Gasteiger partial charge on any atom is -0.368 e. The molecular weight excluding hydrogens is 292 g/mol. The van der Waals surface area contributed by atoms with Crippen molar-refractivity contribution in [2.75, 3.05) is 29.4 Å². The van der Waals surface area contributed by atoms with Crippen LogP contribution < -0.4 is 15.4 Å². The Labute approximate surface area is 133 Å². The molecule has 1 amide bonds. The van der Waals surface area contributed by atoms with Gasteiger partial charge in [0.05, 0.1) is 11.4 Å². The molecule has 1 aliphatic carbocycles. The summed E-state index contributed by atoms with van der Waals surface area (Å²) in [6, 6.07) is 10.8. The molecule has 1 aromatic carbocycles. The van der Waals surface area contributed by atoms with Crippen LogP contribution in [0.15, 0.2) is 41.2 Å². The number of H-pyrrole nitrogens is 1.